The van der Waals surface area contributed by atoms with E-state index in [4.69, 9.17) is 10.5 Å². The maximum atomic E-state index is 13.3. The maximum absolute atomic E-state index is 13.3. The first-order chi connectivity index (χ1) is 17.4. The Morgan fingerprint density at radius 3 is 2.17 bits per heavy atom. The summed E-state index contributed by atoms with van der Waals surface area (Å²) in [5.41, 5.74) is 7.19. The molecule has 1 aliphatic heterocycles. The minimum Gasteiger partial charge on any atom is -0.457 e. The van der Waals surface area contributed by atoms with E-state index in [1.807, 2.05) is 43.0 Å². The maximum Gasteiger partial charge on any atom is 0.333 e. The van der Waals surface area contributed by atoms with Crippen molar-refractivity contribution in [2.75, 3.05) is 29.0 Å². The summed E-state index contributed by atoms with van der Waals surface area (Å²) in [5, 5.41) is 2.76. The molecule has 2 heterocycles. The van der Waals surface area contributed by atoms with E-state index in [-0.39, 0.29) is 5.82 Å². The molecule has 1 fully saturated rings. The Balaban J connectivity index is 1.52. The molecule has 0 atom stereocenters. The van der Waals surface area contributed by atoms with Crippen molar-refractivity contribution in [3.05, 3.63) is 74.9 Å². The molecule has 3 aromatic rings. The molecule has 3 N–H and O–H groups in total. The van der Waals surface area contributed by atoms with Gasteiger partial charge in [-0.3, -0.25) is 14.2 Å². The van der Waals surface area contributed by atoms with Crippen LogP contribution < -0.4 is 31.9 Å². The summed E-state index contributed by atoms with van der Waals surface area (Å²) >= 11 is 0. The van der Waals surface area contributed by atoms with Crippen LogP contribution in [0.2, 0.25) is 0 Å². The number of carbonyl (C=O) groups excluding carboxylic acids is 1. The minimum absolute atomic E-state index is 0.176. The highest BCUT2D eigenvalue weighted by Gasteiger charge is 2.24. The number of anilines is 3. The molecule has 190 valence electrons. The number of piperidine rings is 1. The Morgan fingerprint density at radius 2 is 1.56 bits per heavy atom. The quantitative estimate of drug-likeness (QED) is 0.497. The zero-order valence-electron chi connectivity index (χ0n) is 20.8. The summed E-state index contributed by atoms with van der Waals surface area (Å²) in [4.78, 5) is 41.2. The fourth-order valence-electron chi connectivity index (χ4n) is 4.39. The van der Waals surface area contributed by atoms with Crippen molar-refractivity contribution in [3.8, 4) is 11.5 Å². The molecule has 9 nitrogen and oxygen atoms in total. The molecule has 1 aliphatic rings. The topological polar surface area (TPSA) is 112 Å². The fourth-order valence-corrected chi connectivity index (χ4v) is 4.39. The lowest BCUT2D eigenvalue weighted by Gasteiger charge is -2.30. The molecule has 0 unspecified atom stereocenters. The van der Waals surface area contributed by atoms with Gasteiger partial charge in [-0.25, -0.2) is 9.36 Å². The highest BCUT2D eigenvalue weighted by atomic mass is 16.5. The minimum atomic E-state index is -0.572. The number of nitrogens with zero attached hydrogens (tertiary/aromatic N) is 3. The smallest absolute Gasteiger partial charge is 0.333 e. The second kappa shape index (κ2) is 11.2. The van der Waals surface area contributed by atoms with Gasteiger partial charge in [0.15, 0.2) is 0 Å². The summed E-state index contributed by atoms with van der Waals surface area (Å²) < 4.78 is 8.20. The number of benzene rings is 2. The van der Waals surface area contributed by atoms with Gasteiger partial charge < -0.3 is 20.7 Å². The summed E-state index contributed by atoms with van der Waals surface area (Å²) in [5.74, 6) is 1.04. The highest BCUT2D eigenvalue weighted by molar-refractivity contribution is 5.90. The normalized spacial score (nSPS) is 13.4. The third-order valence-electron chi connectivity index (χ3n) is 6.26. The first-order valence-corrected chi connectivity index (χ1v) is 12.4. The first kappa shape index (κ1) is 25.1. The van der Waals surface area contributed by atoms with Gasteiger partial charge in [-0.05, 0) is 69.0 Å². The van der Waals surface area contributed by atoms with Crippen LogP contribution >= 0.6 is 0 Å². The van der Waals surface area contributed by atoms with Crippen LogP contribution in [0.3, 0.4) is 0 Å². The zero-order valence-corrected chi connectivity index (χ0v) is 20.8. The number of nitrogens with one attached hydrogen (secondary N) is 1. The number of hydrogen-bond donors (Lipinski definition) is 2. The molecular formula is C27H33N5O4. The van der Waals surface area contributed by atoms with E-state index < -0.39 is 23.7 Å². The Morgan fingerprint density at radius 1 is 0.944 bits per heavy atom. The van der Waals surface area contributed by atoms with Gasteiger partial charge >= 0.3 is 5.69 Å². The lowest BCUT2D eigenvalue weighted by molar-refractivity contribution is -0.116. The second-order valence-corrected chi connectivity index (χ2v) is 9.09. The Labute approximate surface area is 210 Å². The van der Waals surface area contributed by atoms with E-state index in [1.54, 1.807) is 24.3 Å². The number of aromatic nitrogens is 2. The summed E-state index contributed by atoms with van der Waals surface area (Å²) in [6.45, 7) is 5.31. The van der Waals surface area contributed by atoms with E-state index in [9.17, 15) is 14.4 Å². The van der Waals surface area contributed by atoms with E-state index in [2.05, 4.69) is 5.32 Å². The van der Waals surface area contributed by atoms with Crippen molar-refractivity contribution in [1.29, 1.82) is 0 Å². The van der Waals surface area contributed by atoms with Crippen molar-refractivity contribution in [3.63, 3.8) is 0 Å². The number of nitrogen functional groups attached to an aromatic ring is 1. The summed E-state index contributed by atoms with van der Waals surface area (Å²) in [7, 11) is 0. The van der Waals surface area contributed by atoms with E-state index in [0.29, 0.717) is 48.9 Å². The van der Waals surface area contributed by atoms with Crippen LogP contribution in [0.1, 0.15) is 38.2 Å². The summed E-state index contributed by atoms with van der Waals surface area (Å²) in [6, 6.07) is 14.6. The molecule has 1 saturated heterocycles. The SMILES string of the molecule is CCCn1c(N)c(N2CCCCC2)c(=O)n(CC(=O)Nc2ccc(Oc3ccc(C)cc3)cc2)c1=O. The number of hydrogen-bond acceptors (Lipinski definition) is 6. The molecule has 0 aliphatic carbocycles. The Hall–Kier alpha value is -4.01. The van der Waals surface area contributed by atoms with Crippen LogP contribution in [-0.4, -0.2) is 28.1 Å². The van der Waals surface area contributed by atoms with Crippen LogP contribution in [0, 0.1) is 6.92 Å². The van der Waals surface area contributed by atoms with Crippen LogP contribution in [0.15, 0.2) is 58.1 Å². The van der Waals surface area contributed by atoms with Gasteiger partial charge in [0.1, 0.15) is 29.5 Å². The molecule has 0 radical (unpaired) electrons. The van der Waals surface area contributed by atoms with Crippen molar-refractivity contribution >= 4 is 23.1 Å². The van der Waals surface area contributed by atoms with Gasteiger partial charge in [-0.15, -0.1) is 0 Å². The number of aryl methyl sites for hydroxylation is 1. The van der Waals surface area contributed by atoms with Crippen LogP contribution in [0.5, 0.6) is 11.5 Å². The fraction of sp³-hybridized carbons (Fsp3) is 0.370. The molecule has 9 heteroatoms. The molecule has 2 aromatic carbocycles. The zero-order chi connectivity index (χ0) is 25.7. The Bertz CT molecular complexity index is 1320. The van der Waals surface area contributed by atoms with Crippen LogP contribution in [-0.2, 0) is 17.9 Å². The average Bonchev–Trinajstić information content (AvgIpc) is 2.88. The van der Waals surface area contributed by atoms with Crippen LogP contribution in [0.25, 0.3) is 0 Å². The third kappa shape index (κ3) is 5.62. The summed E-state index contributed by atoms with van der Waals surface area (Å²) in [6.07, 6.45) is 3.67. The number of ether oxygens (including phenoxy) is 1. The van der Waals surface area contributed by atoms with Crippen molar-refractivity contribution in [1.82, 2.24) is 9.13 Å². The molecule has 1 amide bonds. The number of carbonyl (C=O) groups is 1. The number of nitrogens with two attached hydrogens (primary N) is 1. The number of rotatable bonds is 8. The molecule has 0 bridgehead atoms. The highest BCUT2D eigenvalue weighted by Crippen LogP contribution is 2.24. The van der Waals surface area contributed by atoms with Gasteiger partial charge in [0, 0.05) is 25.3 Å². The molecule has 4 rings (SSSR count). The van der Waals surface area contributed by atoms with Gasteiger partial charge in [-0.1, -0.05) is 24.6 Å². The monoisotopic (exact) mass is 491 g/mol. The van der Waals surface area contributed by atoms with Gasteiger partial charge in [0.2, 0.25) is 5.91 Å². The predicted octanol–water partition coefficient (Wildman–Crippen LogP) is 3.73. The van der Waals surface area contributed by atoms with Crippen molar-refractivity contribution in [2.24, 2.45) is 0 Å². The molecule has 36 heavy (non-hydrogen) atoms. The van der Waals surface area contributed by atoms with Gasteiger partial charge in [-0.2, -0.15) is 0 Å². The molecular weight excluding hydrogens is 458 g/mol. The Kier molecular flexibility index (Phi) is 7.77. The standard InChI is InChI=1S/C27H33N5O4/c1-3-15-31-25(28)24(30-16-5-4-6-17-30)26(34)32(27(31)35)18-23(33)29-20-9-13-22(14-10-20)36-21-11-7-19(2)8-12-21/h7-14H,3-6,15-18,28H2,1-2H3,(H,29,33). The number of amides is 1. The third-order valence-corrected chi connectivity index (χ3v) is 6.26. The van der Waals surface area contributed by atoms with Crippen molar-refractivity contribution in [2.45, 2.75) is 52.6 Å². The van der Waals surface area contributed by atoms with E-state index in [1.165, 1.54) is 4.57 Å². The molecule has 0 spiro atoms. The van der Waals surface area contributed by atoms with Crippen molar-refractivity contribution < 1.29 is 9.53 Å². The first-order valence-electron chi connectivity index (χ1n) is 12.4. The average molecular weight is 492 g/mol. The molecule has 0 saturated carbocycles. The lowest BCUT2D eigenvalue weighted by atomic mass is 10.1. The largest absolute Gasteiger partial charge is 0.457 e. The van der Waals surface area contributed by atoms with Gasteiger partial charge in [0.05, 0.1) is 0 Å². The van der Waals surface area contributed by atoms with Gasteiger partial charge in [0.25, 0.3) is 5.56 Å². The predicted molar refractivity (Wildman–Crippen MR) is 142 cm³/mol. The second-order valence-electron chi connectivity index (χ2n) is 9.09. The van der Waals surface area contributed by atoms with E-state index in [0.717, 1.165) is 29.4 Å². The lowest BCUT2D eigenvalue weighted by Crippen LogP contribution is -2.47. The van der Waals surface area contributed by atoms with E-state index >= 15 is 0 Å². The molecule has 1 aromatic heterocycles. The van der Waals surface area contributed by atoms with Crippen LogP contribution in [0.4, 0.5) is 17.2 Å².